The van der Waals surface area contributed by atoms with Crippen molar-refractivity contribution in [3.05, 3.63) is 64.1 Å². The van der Waals surface area contributed by atoms with E-state index < -0.39 is 5.91 Å². The fourth-order valence-corrected chi connectivity index (χ4v) is 2.92. The number of hydrazine groups is 1. The highest BCUT2D eigenvalue weighted by molar-refractivity contribution is 9.10. The van der Waals surface area contributed by atoms with Gasteiger partial charge in [0.05, 0.1) is 5.69 Å². The standard InChI is InChI=1S/C19H18BrN3O2/c1-3-22(2)15-9-7-13(8-10-15)11-17-18(24)21-23(19(17)25)16-6-4-5-14(20)12-16/h4-12H,3H2,1-2H3,(H,21,24)/b17-11+. The number of nitrogens with zero attached hydrogens (tertiary/aromatic N) is 2. The minimum atomic E-state index is -0.403. The Morgan fingerprint density at radius 3 is 2.52 bits per heavy atom. The Balaban J connectivity index is 1.86. The van der Waals surface area contributed by atoms with E-state index in [1.807, 2.05) is 43.4 Å². The summed E-state index contributed by atoms with van der Waals surface area (Å²) in [6, 6.07) is 14.9. The summed E-state index contributed by atoms with van der Waals surface area (Å²) < 4.78 is 0.833. The van der Waals surface area contributed by atoms with Crippen LogP contribution in [-0.4, -0.2) is 25.4 Å². The van der Waals surface area contributed by atoms with Gasteiger partial charge in [0.2, 0.25) is 0 Å². The molecule has 0 saturated carbocycles. The van der Waals surface area contributed by atoms with Crippen LogP contribution in [0, 0.1) is 0 Å². The smallest absolute Gasteiger partial charge is 0.282 e. The summed E-state index contributed by atoms with van der Waals surface area (Å²) in [5.41, 5.74) is 5.23. The van der Waals surface area contributed by atoms with Gasteiger partial charge in [0.15, 0.2) is 0 Å². The highest BCUT2D eigenvalue weighted by Gasteiger charge is 2.34. The van der Waals surface area contributed by atoms with Gasteiger partial charge < -0.3 is 4.90 Å². The molecule has 2 aromatic carbocycles. The first-order chi connectivity index (χ1) is 12.0. The van der Waals surface area contributed by atoms with Crippen molar-refractivity contribution in [3.8, 4) is 0 Å². The van der Waals surface area contributed by atoms with Gasteiger partial charge in [-0.2, -0.15) is 0 Å². The maximum absolute atomic E-state index is 12.6. The Kier molecular flexibility index (Phi) is 4.90. The number of carbonyl (C=O) groups is 2. The van der Waals surface area contributed by atoms with E-state index in [4.69, 9.17) is 0 Å². The largest absolute Gasteiger partial charge is 0.375 e. The topological polar surface area (TPSA) is 52.7 Å². The van der Waals surface area contributed by atoms with E-state index in [2.05, 4.69) is 33.2 Å². The zero-order valence-corrected chi connectivity index (χ0v) is 15.6. The van der Waals surface area contributed by atoms with Gasteiger partial charge in [-0.15, -0.1) is 0 Å². The summed E-state index contributed by atoms with van der Waals surface area (Å²) in [6.45, 7) is 2.98. The molecule has 25 heavy (non-hydrogen) atoms. The van der Waals surface area contributed by atoms with Crippen LogP contribution in [0.3, 0.4) is 0 Å². The van der Waals surface area contributed by atoms with Gasteiger partial charge in [-0.05, 0) is 48.9 Å². The molecule has 2 amide bonds. The molecule has 1 N–H and O–H groups in total. The Hall–Kier alpha value is -2.60. The number of anilines is 2. The number of hydrogen-bond donors (Lipinski definition) is 1. The zero-order valence-electron chi connectivity index (χ0n) is 14.0. The third-order valence-corrected chi connectivity index (χ3v) is 4.57. The molecule has 128 valence electrons. The van der Waals surface area contributed by atoms with Crippen LogP contribution in [0.2, 0.25) is 0 Å². The van der Waals surface area contributed by atoms with Crippen molar-refractivity contribution in [1.29, 1.82) is 0 Å². The van der Waals surface area contributed by atoms with Crippen LogP contribution in [0.25, 0.3) is 6.08 Å². The summed E-state index contributed by atoms with van der Waals surface area (Å²) >= 11 is 3.37. The Bertz CT molecular complexity index is 846. The Labute approximate surface area is 155 Å². The number of carbonyl (C=O) groups excluding carboxylic acids is 2. The second-order valence-electron chi connectivity index (χ2n) is 5.73. The van der Waals surface area contributed by atoms with E-state index in [0.717, 1.165) is 22.3 Å². The number of rotatable bonds is 4. The van der Waals surface area contributed by atoms with Gasteiger partial charge in [-0.3, -0.25) is 15.0 Å². The zero-order chi connectivity index (χ0) is 18.0. The fourth-order valence-electron chi connectivity index (χ4n) is 2.53. The van der Waals surface area contributed by atoms with Crippen LogP contribution in [0.4, 0.5) is 11.4 Å². The number of halogens is 1. The first-order valence-corrected chi connectivity index (χ1v) is 8.73. The van der Waals surface area contributed by atoms with E-state index in [0.29, 0.717) is 5.69 Å². The SMILES string of the molecule is CCN(C)c1ccc(/C=C2\C(=O)NN(c3cccc(Br)c3)C2=O)cc1. The molecule has 0 aliphatic carbocycles. The summed E-state index contributed by atoms with van der Waals surface area (Å²) in [5.74, 6) is -0.766. The van der Waals surface area contributed by atoms with Gasteiger partial charge in [-0.1, -0.05) is 34.1 Å². The molecule has 5 nitrogen and oxygen atoms in total. The van der Waals surface area contributed by atoms with Crippen molar-refractivity contribution in [1.82, 2.24) is 5.43 Å². The molecule has 1 fully saturated rings. The van der Waals surface area contributed by atoms with Gasteiger partial charge in [0.1, 0.15) is 5.57 Å². The minimum absolute atomic E-state index is 0.122. The minimum Gasteiger partial charge on any atom is -0.375 e. The van der Waals surface area contributed by atoms with Gasteiger partial charge in [0, 0.05) is 23.8 Å². The van der Waals surface area contributed by atoms with Crippen molar-refractivity contribution < 1.29 is 9.59 Å². The summed E-state index contributed by atoms with van der Waals surface area (Å²) in [4.78, 5) is 26.9. The van der Waals surface area contributed by atoms with Crippen LogP contribution in [0.1, 0.15) is 12.5 Å². The normalized spacial score (nSPS) is 15.6. The quantitative estimate of drug-likeness (QED) is 0.633. The summed E-state index contributed by atoms with van der Waals surface area (Å²) in [7, 11) is 2.01. The van der Waals surface area contributed by atoms with Crippen molar-refractivity contribution >= 4 is 45.2 Å². The molecule has 0 radical (unpaired) electrons. The van der Waals surface area contributed by atoms with Gasteiger partial charge >= 0.3 is 0 Å². The first-order valence-electron chi connectivity index (χ1n) is 7.93. The predicted molar refractivity (Wildman–Crippen MR) is 103 cm³/mol. The lowest BCUT2D eigenvalue weighted by molar-refractivity contribution is -0.117. The molecule has 0 unspecified atom stereocenters. The number of hydrogen-bond acceptors (Lipinski definition) is 3. The lowest BCUT2D eigenvalue weighted by atomic mass is 10.1. The molecule has 0 atom stereocenters. The van der Waals surface area contributed by atoms with E-state index in [-0.39, 0.29) is 11.5 Å². The molecule has 1 saturated heterocycles. The van der Waals surface area contributed by atoms with Gasteiger partial charge in [0.25, 0.3) is 11.8 Å². The molecular formula is C19H18BrN3O2. The number of nitrogens with one attached hydrogen (secondary N) is 1. The Morgan fingerprint density at radius 1 is 1.16 bits per heavy atom. The highest BCUT2D eigenvalue weighted by atomic mass is 79.9. The van der Waals surface area contributed by atoms with Crippen molar-refractivity contribution in [3.63, 3.8) is 0 Å². The molecule has 6 heteroatoms. The molecule has 1 aliphatic rings. The van der Waals surface area contributed by atoms with Crippen LogP contribution >= 0.6 is 15.9 Å². The second-order valence-corrected chi connectivity index (χ2v) is 6.64. The first kappa shape index (κ1) is 17.2. The maximum Gasteiger partial charge on any atom is 0.282 e. The third kappa shape index (κ3) is 3.58. The van der Waals surface area contributed by atoms with E-state index >= 15 is 0 Å². The van der Waals surface area contributed by atoms with Gasteiger partial charge in [-0.25, -0.2) is 5.01 Å². The molecule has 0 spiro atoms. The van der Waals surface area contributed by atoms with Crippen molar-refractivity contribution in [2.75, 3.05) is 23.5 Å². The molecule has 0 bridgehead atoms. The lowest BCUT2D eigenvalue weighted by Crippen LogP contribution is -2.35. The van der Waals surface area contributed by atoms with Crippen LogP contribution in [0.15, 0.2) is 58.6 Å². The molecule has 2 aromatic rings. The average molecular weight is 400 g/mol. The van der Waals surface area contributed by atoms with Crippen molar-refractivity contribution in [2.45, 2.75) is 6.92 Å². The summed E-state index contributed by atoms with van der Waals surface area (Å²) in [6.07, 6.45) is 1.62. The van der Waals surface area contributed by atoms with Crippen molar-refractivity contribution in [2.24, 2.45) is 0 Å². The average Bonchev–Trinajstić information content (AvgIpc) is 2.90. The van der Waals surface area contributed by atoms with Crippen LogP contribution < -0.4 is 15.3 Å². The molecule has 1 aliphatic heterocycles. The van der Waals surface area contributed by atoms with Crippen LogP contribution in [-0.2, 0) is 9.59 Å². The van der Waals surface area contributed by atoms with E-state index in [9.17, 15) is 9.59 Å². The highest BCUT2D eigenvalue weighted by Crippen LogP contribution is 2.24. The molecule has 3 rings (SSSR count). The number of benzene rings is 2. The summed E-state index contributed by atoms with van der Waals surface area (Å²) in [5, 5.41) is 1.26. The predicted octanol–water partition coefficient (Wildman–Crippen LogP) is 3.37. The lowest BCUT2D eigenvalue weighted by Gasteiger charge is -2.16. The molecule has 0 aromatic heterocycles. The fraction of sp³-hybridized carbons (Fsp3) is 0.158. The monoisotopic (exact) mass is 399 g/mol. The maximum atomic E-state index is 12.6. The van der Waals surface area contributed by atoms with E-state index in [1.54, 1.807) is 18.2 Å². The number of amides is 2. The second kappa shape index (κ2) is 7.11. The molecular weight excluding hydrogens is 382 g/mol. The third-order valence-electron chi connectivity index (χ3n) is 4.08. The van der Waals surface area contributed by atoms with Crippen LogP contribution in [0.5, 0.6) is 0 Å². The Morgan fingerprint density at radius 2 is 1.88 bits per heavy atom. The van der Waals surface area contributed by atoms with E-state index in [1.165, 1.54) is 5.01 Å². The molecule has 1 heterocycles.